The minimum absolute atomic E-state index is 1.15. The Morgan fingerprint density at radius 2 is 2.09 bits per heavy atom. The van der Waals surface area contributed by atoms with Crippen LogP contribution < -0.4 is 5.43 Å². The molecule has 0 radical (unpaired) electrons. The average molecular weight is 148 g/mol. The number of nitrogens with one attached hydrogen (secondary N) is 1. The molecule has 0 spiro atoms. The zero-order chi connectivity index (χ0) is 8.10. The van der Waals surface area contributed by atoms with Crippen LogP contribution in [0.2, 0.25) is 0 Å². The molecule has 0 aliphatic carbocycles. The summed E-state index contributed by atoms with van der Waals surface area (Å²) in [4.78, 5) is 0. The van der Waals surface area contributed by atoms with Gasteiger partial charge in [-0.3, -0.25) is 0 Å². The summed E-state index contributed by atoms with van der Waals surface area (Å²) in [7, 11) is 1.79. The molecule has 0 unspecified atom stereocenters. The van der Waals surface area contributed by atoms with Crippen molar-refractivity contribution < 1.29 is 0 Å². The Morgan fingerprint density at radius 1 is 1.36 bits per heavy atom. The summed E-state index contributed by atoms with van der Waals surface area (Å²) in [6, 6.07) is 8.13. The molecule has 0 atom stereocenters. The van der Waals surface area contributed by atoms with Crippen LogP contribution in [-0.2, 0) is 0 Å². The number of hydrogen-bond acceptors (Lipinski definition) is 2. The Morgan fingerprint density at radius 3 is 2.73 bits per heavy atom. The van der Waals surface area contributed by atoms with Gasteiger partial charge in [0, 0.05) is 7.05 Å². The van der Waals surface area contributed by atoms with Crippen LogP contribution >= 0.6 is 0 Å². The fraction of sp³-hybridized carbons (Fsp3) is 0.222. The Kier molecular flexibility index (Phi) is 2.66. The zero-order valence-corrected chi connectivity index (χ0v) is 6.83. The third kappa shape index (κ3) is 2.08. The molecule has 1 aromatic rings. The first-order chi connectivity index (χ1) is 5.34. The third-order valence-electron chi connectivity index (χ3n) is 1.52. The maximum absolute atomic E-state index is 3.93. The van der Waals surface area contributed by atoms with Gasteiger partial charge in [0.25, 0.3) is 0 Å². The molecule has 0 heterocycles. The summed E-state index contributed by atoms with van der Waals surface area (Å²) in [6.45, 7) is 2.07. The molecule has 2 heteroatoms. The van der Waals surface area contributed by atoms with Gasteiger partial charge in [0.15, 0.2) is 0 Å². The van der Waals surface area contributed by atoms with Crippen molar-refractivity contribution in [3.05, 3.63) is 35.4 Å². The van der Waals surface area contributed by atoms with Gasteiger partial charge < -0.3 is 5.43 Å². The van der Waals surface area contributed by atoms with Crippen LogP contribution in [0, 0.1) is 6.92 Å². The molecule has 0 aromatic heterocycles. The van der Waals surface area contributed by atoms with E-state index in [1.165, 1.54) is 5.56 Å². The van der Waals surface area contributed by atoms with Crippen LogP contribution in [0.5, 0.6) is 0 Å². The highest BCUT2D eigenvalue weighted by Gasteiger charge is 1.89. The Bertz CT molecular complexity index is 253. The first-order valence-electron chi connectivity index (χ1n) is 3.60. The topological polar surface area (TPSA) is 24.4 Å². The van der Waals surface area contributed by atoms with Crippen molar-refractivity contribution in [2.45, 2.75) is 6.92 Å². The number of hydrazone groups is 1. The molecule has 0 amide bonds. The third-order valence-corrected chi connectivity index (χ3v) is 1.52. The van der Waals surface area contributed by atoms with Gasteiger partial charge in [0.1, 0.15) is 0 Å². The van der Waals surface area contributed by atoms with E-state index in [9.17, 15) is 0 Å². The van der Waals surface area contributed by atoms with Crippen LogP contribution in [0.3, 0.4) is 0 Å². The molecule has 58 valence electrons. The first kappa shape index (κ1) is 7.79. The second kappa shape index (κ2) is 3.76. The van der Waals surface area contributed by atoms with E-state index in [1.54, 1.807) is 7.05 Å². The number of benzene rings is 1. The maximum Gasteiger partial charge on any atom is 0.0543 e. The zero-order valence-electron chi connectivity index (χ0n) is 6.83. The van der Waals surface area contributed by atoms with Gasteiger partial charge in [-0.25, -0.2) is 0 Å². The fourth-order valence-corrected chi connectivity index (χ4v) is 0.866. The van der Waals surface area contributed by atoms with Crippen LogP contribution in [0.25, 0.3) is 0 Å². The second-order valence-electron chi connectivity index (χ2n) is 2.34. The predicted octanol–water partition coefficient (Wildman–Crippen LogP) is 1.55. The largest absolute Gasteiger partial charge is 0.313 e. The standard InChI is InChI=1S/C9H12N2/c1-8-5-3-4-6-9(8)7-11-10-2/h3-7,10H,1-2H3/b11-7+. The summed E-state index contributed by atoms with van der Waals surface area (Å²) in [6.07, 6.45) is 1.81. The van der Waals surface area contributed by atoms with Crippen LogP contribution in [0.1, 0.15) is 11.1 Å². The second-order valence-corrected chi connectivity index (χ2v) is 2.34. The molecule has 2 nitrogen and oxygen atoms in total. The van der Waals surface area contributed by atoms with Gasteiger partial charge in [0.05, 0.1) is 6.21 Å². The smallest absolute Gasteiger partial charge is 0.0543 e. The highest BCUT2D eigenvalue weighted by molar-refractivity contribution is 5.81. The van der Waals surface area contributed by atoms with E-state index in [-0.39, 0.29) is 0 Å². The SMILES string of the molecule is CN/N=C/c1ccccc1C. The van der Waals surface area contributed by atoms with Crippen molar-refractivity contribution in [2.24, 2.45) is 5.10 Å². The van der Waals surface area contributed by atoms with E-state index in [1.807, 2.05) is 24.4 Å². The number of nitrogens with zero attached hydrogens (tertiary/aromatic N) is 1. The minimum atomic E-state index is 1.15. The minimum Gasteiger partial charge on any atom is -0.313 e. The van der Waals surface area contributed by atoms with Gasteiger partial charge in [-0.1, -0.05) is 24.3 Å². The maximum atomic E-state index is 3.93. The Balaban J connectivity index is 2.86. The van der Waals surface area contributed by atoms with Gasteiger partial charge in [-0.15, -0.1) is 0 Å². The molecule has 11 heavy (non-hydrogen) atoms. The monoisotopic (exact) mass is 148 g/mol. The predicted molar refractivity (Wildman–Crippen MR) is 47.8 cm³/mol. The highest BCUT2D eigenvalue weighted by atomic mass is 15.3. The van der Waals surface area contributed by atoms with E-state index < -0.39 is 0 Å². The van der Waals surface area contributed by atoms with Crippen molar-refractivity contribution in [2.75, 3.05) is 7.05 Å². The molecular formula is C9H12N2. The summed E-state index contributed by atoms with van der Waals surface area (Å²) in [5, 5.41) is 3.93. The van der Waals surface area contributed by atoms with Crippen molar-refractivity contribution in [3.8, 4) is 0 Å². The van der Waals surface area contributed by atoms with E-state index in [2.05, 4.69) is 23.5 Å². The molecule has 1 aromatic carbocycles. The molecule has 1 rings (SSSR count). The van der Waals surface area contributed by atoms with E-state index in [0.717, 1.165) is 5.56 Å². The van der Waals surface area contributed by atoms with Crippen LogP contribution in [-0.4, -0.2) is 13.3 Å². The van der Waals surface area contributed by atoms with Crippen molar-refractivity contribution >= 4 is 6.21 Å². The van der Waals surface area contributed by atoms with Crippen LogP contribution in [0.4, 0.5) is 0 Å². The molecule has 0 aliphatic heterocycles. The average Bonchev–Trinajstić information content (AvgIpc) is 2.03. The lowest BCUT2D eigenvalue weighted by molar-refractivity contribution is 0.908. The van der Waals surface area contributed by atoms with E-state index >= 15 is 0 Å². The number of aryl methyl sites for hydroxylation is 1. The van der Waals surface area contributed by atoms with Crippen molar-refractivity contribution in [3.63, 3.8) is 0 Å². The molecule has 0 bridgehead atoms. The number of rotatable bonds is 2. The van der Waals surface area contributed by atoms with Gasteiger partial charge in [-0.2, -0.15) is 5.10 Å². The van der Waals surface area contributed by atoms with Crippen molar-refractivity contribution in [1.29, 1.82) is 0 Å². The van der Waals surface area contributed by atoms with E-state index in [0.29, 0.717) is 0 Å². The fourth-order valence-electron chi connectivity index (χ4n) is 0.866. The Hall–Kier alpha value is -1.31. The summed E-state index contributed by atoms with van der Waals surface area (Å²) in [5.41, 5.74) is 5.11. The summed E-state index contributed by atoms with van der Waals surface area (Å²) < 4.78 is 0. The lowest BCUT2D eigenvalue weighted by Crippen LogP contribution is -1.95. The van der Waals surface area contributed by atoms with Gasteiger partial charge >= 0.3 is 0 Å². The number of hydrogen-bond donors (Lipinski definition) is 1. The lowest BCUT2D eigenvalue weighted by Gasteiger charge is -1.96. The highest BCUT2D eigenvalue weighted by Crippen LogP contribution is 2.02. The van der Waals surface area contributed by atoms with Gasteiger partial charge in [0.2, 0.25) is 0 Å². The normalized spacial score (nSPS) is 10.4. The molecule has 0 fully saturated rings. The summed E-state index contributed by atoms with van der Waals surface area (Å²) >= 11 is 0. The quantitative estimate of drug-likeness (QED) is 0.499. The van der Waals surface area contributed by atoms with Crippen molar-refractivity contribution in [1.82, 2.24) is 5.43 Å². The molecule has 0 saturated heterocycles. The molecular weight excluding hydrogens is 136 g/mol. The lowest BCUT2D eigenvalue weighted by atomic mass is 10.1. The Labute approximate surface area is 66.9 Å². The molecule has 1 N–H and O–H groups in total. The van der Waals surface area contributed by atoms with Gasteiger partial charge in [-0.05, 0) is 18.1 Å². The molecule has 0 aliphatic rings. The molecule has 0 saturated carbocycles. The summed E-state index contributed by atoms with van der Waals surface area (Å²) in [5.74, 6) is 0. The van der Waals surface area contributed by atoms with Crippen LogP contribution in [0.15, 0.2) is 29.4 Å². The first-order valence-corrected chi connectivity index (χ1v) is 3.60. The van der Waals surface area contributed by atoms with E-state index in [4.69, 9.17) is 0 Å².